The Bertz CT molecular complexity index is 904. The van der Waals surface area contributed by atoms with Crippen LogP contribution < -0.4 is 5.32 Å². The number of esters is 1. The molecule has 0 aliphatic carbocycles. The average molecular weight is 326 g/mol. The van der Waals surface area contributed by atoms with Crippen LogP contribution >= 0.6 is 0 Å². The Labute approximate surface area is 137 Å². The van der Waals surface area contributed by atoms with Crippen LogP contribution in [0.2, 0.25) is 0 Å². The van der Waals surface area contributed by atoms with Crippen LogP contribution in [-0.4, -0.2) is 23.0 Å². The monoisotopic (exact) mass is 326 g/mol. The molecule has 6 heteroatoms. The molecule has 5 nitrogen and oxygen atoms in total. The highest BCUT2D eigenvalue weighted by Crippen LogP contribution is 2.19. The molecule has 1 amide bonds. The van der Waals surface area contributed by atoms with E-state index in [2.05, 4.69) is 10.3 Å². The maximum absolute atomic E-state index is 13.5. The van der Waals surface area contributed by atoms with Crippen molar-refractivity contribution >= 4 is 28.5 Å². The Balaban J connectivity index is 1.70. The quantitative estimate of drug-likeness (QED) is 0.721. The molecular weight excluding hydrogens is 311 g/mol. The van der Waals surface area contributed by atoms with Crippen molar-refractivity contribution in [2.24, 2.45) is 0 Å². The van der Waals surface area contributed by atoms with E-state index >= 15 is 0 Å². The van der Waals surface area contributed by atoms with Crippen LogP contribution in [-0.2, 0) is 9.53 Å². The lowest BCUT2D eigenvalue weighted by molar-refractivity contribution is -0.123. The number of rotatable bonds is 4. The van der Waals surface area contributed by atoms with Crippen LogP contribution in [0.3, 0.4) is 0 Å². The Morgan fingerprint density at radius 3 is 2.62 bits per heavy atom. The molecule has 0 aliphatic heterocycles. The molecule has 3 aromatic rings. The molecule has 0 saturated heterocycles. The zero-order valence-corrected chi connectivity index (χ0v) is 12.9. The van der Waals surface area contributed by atoms with Crippen LogP contribution in [0, 0.1) is 5.82 Å². The number of amides is 1. The third-order valence-corrected chi connectivity index (χ3v) is 3.59. The van der Waals surface area contributed by atoms with Gasteiger partial charge in [0.15, 0.2) is 6.10 Å². The summed E-state index contributed by atoms with van der Waals surface area (Å²) in [7, 11) is 0. The van der Waals surface area contributed by atoms with E-state index in [4.69, 9.17) is 4.74 Å². The van der Waals surface area contributed by atoms with Gasteiger partial charge in [0.1, 0.15) is 5.82 Å². The highest BCUT2D eigenvalue weighted by molar-refractivity contribution is 6.05. The van der Waals surface area contributed by atoms with Crippen molar-refractivity contribution in [3.63, 3.8) is 0 Å². The highest BCUT2D eigenvalue weighted by atomic mass is 19.1. The van der Waals surface area contributed by atoms with Crippen molar-refractivity contribution in [2.75, 3.05) is 5.32 Å². The maximum atomic E-state index is 13.5. The molecule has 0 aliphatic rings. The number of aromatic nitrogens is 1. The first kappa shape index (κ1) is 15.7. The summed E-state index contributed by atoms with van der Waals surface area (Å²) in [6.07, 6.45) is 0.472. The number of nitrogens with one attached hydrogen (secondary N) is 2. The molecule has 0 fully saturated rings. The Morgan fingerprint density at radius 1 is 1.12 bits per heavy atom. The number of para-hydroxylation sites is 2. The van der Waals surface area contributed by atoms with Gasteiger partial charge in [-0.15, -0.1) is 0 Å². The van der Waals surface area contributed by atoms with E-state index in [0.29, 0.717) is 10.9 Å². The number of aromatic amines is 1. The second-order valence-corrected chi connectivity index (χ2v) is 5.26. The first-order valence-electron chi connectivity index (χ1n) is 7.39. The van der Waals surface area contributed by atoms with Gasteiger partial charge in [0, 0.05) is 17.1 Å². The standard InChI is InChI=1S/C18H15FN2O3/c1-11(17(22)21-16-9-5-3-7-14(16)19)24-18(23)13-10-20-15-8-4-2-6-12(13)15/h2-11,20H,1H3,(H,21,22)/t11-/m1/s1. The third kappa shape index (κ3) is 3.12. The summed E-state index contributed by atoms with van der Waals surface area (Å²) in [6.45, 7) is 1.43. The topological polar surface area (TPSA) is 71.2 Å². The van der Waals surface area contributed by atoms with Crippen molar-refractivity contribution in [3.05, 3.63) is 66.1 Å². The molecule has 1 aromatic heterocycles. The van der Waals surface area contributed by atoms with E-state index < -0.39 is 23.8 Å². The third-order valence-electron chi connectivity index (χ3n) is 3.59. The number of ether oxygens (including phenoxy) is 1. The van der Waals surface area contributed by atoms with Crippen molar-refractivity contribution in [2.45, 2.75) is 13.0 Å². The normalized spacial score (nSPS) is 11.9. The molecule has 24 heavy (non-hydrogen) atoms. The molecule has 0 bridgehead atoms. The van der Waals surface area contributed by atoms with E-state index in [9.17, 15) is 14.0 Å². The highest BCUT2D eigenvalue weighted by Gasteiger charge is 2.21. The van der Waals surface area contributed by atoms with Gasteiger partial charge in [-0.25, -0.2) is 9.18 Å². The van der Waals surface area contributed by atoms with Crippen molar-refractivity contribution in [1.82, 2.24) is 4.98 Å². The molecule has 0 spiro atoms. The zero-order valence-electron chi connectivity index (χ0n) is 12.9. The van der Waals surface area contributed by atoms with Gasteiger partial charge in [-0.3, -0.25) is 4.79 Å². The molecule has 2 aromatic carbocycles. The predicted octanol–water partition coefficient (Wildman–Crippen LogP) is 3.49. The predicted molar refractivity (Wildman–Crippen MR) is 88.2 cm³/mol. The second kappa shape index (κ2) is 6.54. The van der Waals surface area contributed by atoms with Gasteiger partial charge in [0.2, 0.25) is 0 Å². The lowest BCUT2D eigenvalue weighted by Gasteiger charge is -2.13. The van der Waals surface area contributed by atoms with Gasteiger partial charge in [-0.2, -0.15) is 0 Å². The smallest absolute Gasteiger partial charge is 0.341 e. The van der Waals surface area contributed by atoms with Crippen molar-refractivity contribution < 1.29 is 18.7 Å². The summed E-state index contributed by atoms with van der Waals surface area (Å²) in [6, 6.07) is 13.1. The van der Waals surface area contributed by atoms with Gasteiger partial charge in [0.25, 0.3) is 5.91 Å². The minimum absolute atomic E-state index is 0.0393. The van der Waals surface area contributed by atoms with Gasteiger partial charge < -0.3 is 15.0 Å². The fraction of sp³-hybridized carbons (Fsp3) is 0.111. The molecule has 0 unspecified atom stereocenters. The van der Waals surface area contributed by atoms with Gasteiger partial charge in [-0.1, -0.05) is 30.3 Å². The summed E-state index contributed by atoms with van der Waals surface area (Å²) in [5.41, 5.74) is 1.18. The number of carbonyl (C=O) groups excluding carboxylic acids is 2. The molecule has 0 saturated carbocycles. The molecule has 1 atom stereocenters. The molecular formula is C18H15FN2O3. The van der Waals surface area contributed by atoms with Gasteiger partial charge in [-0.05, 0) is 25.1 Å². The number of benzene rings is 2. The number of carbonyl (C=O) groups is 2. The van der Waals surface area contributed by atoms with Crippen molar-refractivity contribution in [3.8, 4) is 0 Å². The van der Waals surface area contributed by atoms with Crippen LogP contribution in [0.4, 0.5) is 10.1 Å². The molecule has 1 heterocycles. The summed E-state index contributed by atoms with van der Waals surface area (Å²) in [4.78, 5) is 27.3. The van der Waals surface area contributed by atoms with Gasteiger partial charge in [0.05, 0.1) is 11.3 Å². The largest absolute Gasteiger partial charge is 0.449 e. The minimum atomic E-state index is -1.06. The fourth-order valence-corrected chi connectivity index (χ4v) is 2.31. The molecule has 0 radical (unpaired) electrons. The van der Waals surface area contributed by atoms with Crippen LogP contribution in [0.1, 0.15) is 17.3 Å². The maximum Gasteiger partial charge on any atom is 0.341 e. The van der Waals surface area contributed by atoms with E-state index in [1.807, 2.05) is 12.1 Å². The van der Waals surface area contributed by atoms with Crippen molar-refractivity contribution in [1.29, 1.82) is 0 Å². The van der Waals surface area contributed by atoms with E-state index in [-0.39, 0.29) is 5.69 Å². The summed E-state index contributed by atoms with van der Waals surface area (Å²) in [5, 5.41) is 3.11. The van der Waals surface area contributed by atoms with Crippen LogP contribution in [0.25, 0.3) is 10.9 Å². The molecule has 2 N–H and O–H groups in total. The lowest BCUT2D eigenvalue weighted by atomic mass is 10.2. The van der Waals surface area contributed by atoms with Gasteiger partial charge >= 0.3 is 5.97 Å². The average Bonchev–Trinajstić information content (AvgIpc) is 3.01. The number of anilines is 1. The lowest BCUT2D eigenvalue weighted by Crippen LogP contribution is -2.30. The van der Waals surface area contributed by atoms with Crippen LogP contribution in [0.15, 0.2) is 54.7 Å². The minimum Gasteiger partial charge on any atom is -0.449 e. The fourth-order valence-electron chi connectivity index (χ4n) is 2.31. The van der Waals surface area contributed by atoms with Crippen LogP contribution in [0.5, 0.6) is 0 Å². The summed E-state index contributed by atoms with van der Waals surface area (Å²) in [5.74, 6) is -1.78. The SMILES string of the molecule is C[C@@H](OC(=O)c1c[nH]c2ccccc12)C(=O)Nc1ccccc1F. The molecule has 122 valence electrons. The van der Waals surface area contributed by atoms with E-state index in [1.54, 1.807) is 18.2 Å². The number of hydrogen-bond donors (Lipinski definition) is 2. The summed E-state index contributed by atoms with van der Waals surface area (Å²) < 4.78 is 18.7. The Kier molecular flexibility index (Phi) is 4.29. The number of halogens is 1. The Hall–Kier alpha value is -3.15. The second-order valence-electron chi connectivity index (χ2n) is 5.26. The molecule has 3 rings (SSSR count). The van der Waals surface area contributed by atoms with E-state index in [0.717, 1.165) is 5.52 Å². The number of fused-ring (bicyclic) bond motifs is 1. The summed E-state index contributed by atoms with van der Waals surface area (Å²) >= 11 is 0. The Morgan fingerprint density at radius 2 is 1.83 bits per heavy atom. The number of hydrogen-bond acceptors (Lipinski definition) is 3. The number of H-pyrrole nitrogens is 1. The first-order chi connectivity index (χ1) is 11.6. The first-order valence-corrected chi connectivity index (χ1v) is 7.39. The van der Waals surface area contributed by atoms with E-state index in [1.165, 1.54) is 31.3 Å². The zero-order chi connectivity index (χ0) is 17.1.